The van der Waals surface area contributed by atoms with E-state index in [4.69, 9.17) is 0 Å². The maximum atomic E-state index is 12.5. The van der Waals surface area contributed by atoms with E-state index in [9.17, 15) is 4.79 Å². The van der Waals surface area contributed by atoms with Gasteiger partial charge in [0.05, 0.1) is 18.3 Å². The monoisotopic (exact) mass is 360 g/mol. The Bertz CT molecular complexity index is 1080. The molecule has 2 aromatic carbocycles. The summed E-state index contributed by atoms with van der Waals surface area (Å²) in [6.45, 7) is 4.64. The van der Waals surface area contributed by atoms with E-state index in [2.05, 4.69) is 20.7 Å². The zero-order valence-corrected chi connectivity index (χ0v) is 15.2. The van der Waals surface area contributed by atoms with Crippen LogP contribution in [0.2, 0.25) is 0 Å². The number of nitrogens with one attached hydrogen (secondary N) is 1. The highest BCUT2D eigenvalue weighted by Gasteiger charge is 2.11. The molecular weight excluding hydrogens is 340 g/mol. The summed E-state index contributed by atoms with van der Waals surface area (Å²) in [5, 5.41) is 15.5. The molecule has 1 amide bonds. The zero-order chi connectivity index (χ0) is 18.8. The normalized spacial score (nSPS) is 11.2. The van der Waals surface area contributed by atoms with E-state index in [-0.39, 0.29) is 11.9 Å². The fraction of sp³-hybridized carbons (Fsp3) is 0.200. The predicted molar refractivity (Wildman–Crippen MR) is 104 cm³/mol. The highest BCUT2D eigenvalue weighted by molar-refractivity contribution is 6.03. The van der Waals surface area contributed by atoms with Crippen LogP contribution in [0.15, 0.2) is 60.8 Å². The van der Waals surface area contributed by atoms with Gasteiger partial charge in [0.1, 0.15) is 11.3 Å². The number of anilines is 1. The molecule has 0 bridgehead atoms. The van der Waals surface area contributed by atoms with E-state index in [1.165, 1.54) is 0 Å². The summed E-state index contributed by atoms with van der Waals surface area (Å²) < 4.78 is 3.63. The molecule has 0 fully saturated rings. The van der Waals surface area contributed by atoms with Gasteiger partial charge in [0, 0.05) is 17.7 Å². The minimum absolute atomic E-state index is 0.157. The van der Waals surface area contributed by atoms with Crippen LogP contribution in [0.3, 0.4) is 0 Å². The lowest BCUT2D eigenvalue weighted by molar-refractivity contribution is 0.102. The van der Waals surface area contributed by atoms with E-state index in [1.54, 1.807) is 16.9 Å². The van der Waals surface area contributed by atoms with E-state index in [1.807, 2.05) is 67.1 Å². The molecule has 0 spiro atoms. The summed E-state index contributed by atoms with van der Waals surface area (Å²) in [6.07, 6.45) is 1.68. The number of para-hydroxylation sites is 1. The summed E-state index contributed by atoms with van der Waals surface area (Å²) in [4.78, 5) is 12.5. The van der Waals surface area contributed by atoms with Crippen LogP contribution in [0.1, 0.15) is 35.8 Å². The van der Waals surface area contributed by atoms with Crippen LogP contribution in [0.25, 0.3) is 11.0 Å². The van der Waals surface area contributed by atoms with E-state index in [0.717, 1.165) is 16.6 Å². The number of aromatic nitrogens is 5. The van der Waals surface area contributed by atoms with Crippen molar-refractivity contribution < 1.29 is 4.79 Å². The number of benzene rings is 2. The third-order valence-corrected chi connectivity index (χ3v) is 4.37. The smallest absolute Gasteiger partial charge is 0.256 e. The molecule has 2 aromatic heterocycles. The number of nitrogens with zero attached hydrogens (tertiary/aromatic N) is 5. The number of carbonyl (C=O) groups excluding carboxylic acids is 1. The van der Waals surface area contributed by atoms with E-state index < -0.39 is 0 Å². The van der Waals surface area contributed by atoms with Crippen molar-refractivity contribution in [3.8, 4) is 0 Å². The van der Waals surface area contributed by atoms with Gasteiger partial charge in [-0.15, -0.1) is 5.10 Å². The number of amides is 1. The van der Waals surface area contributed by atoms with Gasteiger partial charge in [0.2, 0.25) is 0 Å². The van der Waals surface area contributed by atoms with E-state index >= 15 is 0 Å². The molecule has 1 N–H and O–H groups in total. The molecule has 136 valence electrons. The molecule has 0 aliphatic heterocycles. The Morgan fingerprint density at radius 1 is 1.07 bits per heavy atom. The fourth-order valence-corrected chi connectivity index (χ4v) is 2.98. The standard InChI is InChI=1S/C20H20N6O/c1-14(2)26-19(11-12-21-26)22-20(27)16-9-7-15(8-10-16)13-25-18-6-4-3-5-17(18)23-24-25/h3-12,14H,13H2,1-2H3,(H,22,27). The third-order valence-electron chi connectivity index (χ3n) is 4.37. The fourth-order valence-electron chi connectivity index (χ4n) is 2.98. The third kappa shape index (κ3) is 3.44. The number of fused-ring (bicyclic) bond motifs is 1. The molecule has 0 unspecified atom stereocenters. The molecule has 0 saturated carbocycles. The lowest BCUT2D eigenvalue weighted by Crippen LogP contribution is -2.16. The van der Waals surface area contributed by atoms with Crippen molar-refractivity contribution in [1.29, 1.82) is 0 Å². The van der Waals surface area contributed by atoms with Crippen LogP contribution in [-0.2, 0) is 6.54 Å². The van der Waals surface area contributed by atoms with Crippen LogP contribution < -0.4 is 5.32 Å². The first-order valence-electron chi connectivity index (χ1n) is 8.84. The van der Waals surface area contributed by atoms with Crippen molar-refractivity contribution in [1.82, 2.24) is 24.8 Å². The second-order valence-corrected chi connectivity index (χ2v) is 6.64. The Morgan fingerprint density at radius 2 is 1.85 bits per heavy atom. The summed E-state index contributed by atoms with van der Waals surface area (Å²) >= 11 is 0. The van der Waals surface area contributed by atoms with Crippen LogP contribution in [0, 0.1) is 0 Å². The molecule has 4 rings (SSSR count). The van der Waals surface area contributed by atoms with Crippen LogP contribution in [0.4, 0.5) is 5.82 Å². The molecule has 0 saturated heterocycles. The molecule has 4 aromatic rings. The van der Waals surface area contributed by atoms with Crippen LogP contribution in [-0.4, -0.2) is 30.7 Å². The predicted octanol–water partition coefficient (Wildman–Crippen LogP) is 3.51. The first-order valence-corrected chi connectivity index (χ1v) is 8.84. The molecule has 27 heavy (non-hydrogen) atoms. The molecular formula is C20H20N6O. The van der Waals surface area contributed by atoms with Gasteiger partial charge in [-0.3, -0.25) is 4.79 Å². The number of rotatable bonds is 5. The Hall–Kier alpha value is -3.48. The lowest BCUT2D eigenvalue weighted by Gasteiger charge is -2.12. The van der Waals surface area contributed by atoms with Crippen molar-refractivity contribution in [3.63, 3.8) is 0 Å². The largest absolute Gasteiger partial charge is 0.307 e. The van der Waals surface area contributed by atoms with Gasteiger partial charge in [0.15, 0.2) is 0 Å². The van der Waals surface area contributed by atoms with Gasteiger partial charge >= 0.3 is 0 Å². The summed E-state index contributed by atoms with van der Waals surface area (Å²) in [5.41, 5.74) is 3.50. The lowest BCUT2D eigenvalue weighted by atomic mass is 10.1. The van der Waals surface area contributed by atoms with Crippen molar-refractivity contribution in [2.75, 3.05) is 5.32 Å². The minimum atomic E-state index is -0.157. The van der Waals surface area contributed by atoms with E-state index in [0.29, 0.717) is 17.9 Å². The molecule has 0 radical (unpaired) electrons. The summed E-state index contributed by atoms with van der Waals surface area (Å²) in [5.74, 6) is 0.531. The van der Waals surface area contributed by atoms with Gasteiger partial charge in [-0.1, -0.05) is 29.5 Å². The quantitative estimate of drug-likeness (QED) is 0.591. The van der Waals surface area contributed by atoms with Crippen LogP contribution >= 0.6 is 0 Å². The second kappa shape index (κ2) is 7.03. The van der Waals surface area contributed by atoms with Gasteiger partial charge in [-0.05, 0) is 43.7 Å². The first kappa shape index (κ1) is 17.0. The molecule has 0 aliphatic rings. The molecule has 0 aliphatic carbocycles. The maximum absolute atomic E-state index is 12.5. The zero-order valence-electron chi connectivity index (χ0n) is 15.2. The number of carbonyl (C=O) groups is 1. The Kier molecular flexibility index (Phi) is 4.42. The molecule has 7 nitrogen and oxygen atoms in total. The van der Waals surface area contributed by atoms with Crippen molar-refractivity contribution in [2.24, 2.45) is 0 Å². The Morgan fingerprint density at radius 3 is 2.63 bits per heavy atom. The van der Waals surface area contributed by atoms with Crippen LogP contribution in [0.5, 0.6) is 0 Å². The van der Waals surface area contributed by atoms with Crippen molar-refractivity contribution in [2.45, 2.75) is 26.4 Å². The Labute approximate surface area is 156 Å². The SMILES string of the molecule is CC(C)n1nccc1NC(=O)c1ccc(Cn2nnc3ccccc32)cc1. The highest BCUT2D eigenvalue weighted by Crippen LogP contribution is 2.16. The van der Waals surface area contributed by atoms with Crippen molar-refractivity contribution >= 4 is 22.8 Å². The van der Waals surface area contributed by atoms with Gasteiger partial charge < -0.3 is 5.32 Å². The van der Waals surface area contributed by atoms with Gasteiger partial charge in [0.25, 0.3) is 5.91 Å². The highest BCUT2D eigenvalue weighted by atomic mass is 16.1. The average molecular weight is 360 g/mol. The first-order chi connectivity index (χ1) is 13.1. The van der Waals surface area contributed by atoms with Crippen molar-refractivity contribution in [3.05, 3.63) is 71.9 Å². The maximum Gasteiger partial charge on any atom is 0.256 e. The molecule has 2 heterocycles. The number of hydrogen-bond donors (Lipinski definition) is 1. The average Bonchev–Trinajstić information content (AvgIpc) is 3.30. The number of hydrogen-bond acceptors (Lipinski definition) is 4. The second-order valence-electron chi connectivity index (χ2n) is 6.64. The van der Waals surface area contributed by atoms with Gasteiger partial charge in [-0.25, -0.2) is 9.36 Å². The molecule has 0 atom stereocenters. The summed E-state index contributed by atoms with van der Waals surface area (Å²) in [7, 11) is 0. The Balaban J connectivity index is 1.48. The molecule has 7 heteroatoms. The van der Waals surface area contributed by atoms with Gasteiger partial charge in [-0.2, -0.15) is 5.10 Å². The topological polar surface area (TPSA) is 77.6 Å². The summed E-state index contributed by atoms with van der Waals surface area (Å²) in [6, 6.07) is 17.3. The minimum Gasteiger partial charge on any atom is -0.307 e.